The lowest BCUT2D eigenvalue weighted by atomic mass is 10.3. The van der Waals surface area contributed by atoms with Gasteiger partial charge in [-0.3, -0.25) is 9.59 Å². The zero-order chi connectivity index (χ0) is 14.2. The van der Waals surface area contributed by atoms with Crippen LogP contribution in [-0.4, -0.2) is 46.3 Å². The van der Waals surface area contributed by atoms with E-state index in [0.717, 1.165) is 0 Å². The molecule has 10 nitrogen and oxygen atoms in total. The fourth-order valence-electron chi connectivity index (χ4n) is 1.42. The number of carboxylic acids is 2. The second kappa shape index (κ2) is 4.72. The fourth-order valence-corrected chi connectivity index (χ4v) is 3.30. The molecule has 0 radical (unpaired) electrons. The van der Waals surface area contributed by atoms with Gasteiger partial charge in [0.15, 0.2) is 0 Å². The molecule has 2 unspecified atom stereocenters. The van der Waals surface area contributed by atoms with Crippen molar-refractivity contribution in [3.8, 4) is 0 Å². The van der Waals surface area contributed by atoms with Gasteiger partial charge in [0.25, 0.3) is 0 Å². The maximum Gasteiger partial charge on any atom is 0.677 e. The Kier molecular flexibility index (Phi) is 3.40. The second-order valence-electron chi connectivity index (χ2n) is 3.65. The van der Waals surface area contributed by atoms with Crippen molar-refractivity contribution in [2.45, 2.75) is 25.0 Å². The molecule has 2 heterocycles. The van der Waals surface area contributed by atoms with Crippen LogP contribution in [0.4, 0.5) is 0 Å². The third-order valence-electron chi connectivity index (χ3n) is 2.16. The summed E-state index contributed by atoms with van der Waals surface area (Å²) in [6.07, 6.45) is -4.24. The summed E-state index contributed by atoms with van der Waals surface area (Å²) in [4.78, 5) is 43.6. The molecule has 1 spiro atoms. The van der Waals surface area contributed by atoms with E-state index in [1.807, 2.05) is 0 Å². The predicted octanol–water partition coefficient (Wildman–Crippen LogP) is -0.503. The highest BCUT2D eigenvalue weighted by Gasteiger charge is 2.73. The van der Waals surface area contributed by atoms with Crippen LogP contribution in [0.3, 0.4) is 0 Å². The SMILES string of the molecule is O=C(O)CC1O[P+]2(OC1=O)OC(=O)C(CC(=O)O)O2. The average Bonchev–Trinajstić information content (AvgIpc) is 2.67. The van der Waals surface area contributed by atoms with E-state index >= 15 is 0 Å². The van der Waals surface area contributed by atoms with E-state index in [9.17, 15) is 19.2 Å². The van der Waals surface area contributed by atoms with Crippen molar-refractivity contribution in [1.29, 1.82) is 0 Å². The van der Waals surface area contributed by atoms with E-state index < -0.39 is 57.1 Å². The van der Waals surface area contributed by atoms with Gasteiger partial charge in [-0.2, -0.15) is 0 Å². The van der Waals surface area contributed by atoms with Crippen molar-refractivity contribution < 1.29 is 47.5 Å². The van der Waals surface area contributed by atoms with Gasteiger partial charge in [0.2, 0.25) is 12.2 Å². The predicted molar refractivity (Wildman–Crippen MR) is 53.4 cm³/mol. The van der Waals surface area contributed by atoms with Crippen molar-refractivity contribution >= 4 is 32.0 Å². The Morgan fingerprint density at radius 1 is 0.947 bits per heavy atom. The molecule has 19 heavy (non-hydrogen) atoms. The number of hydrogen-bond acceptors (Lipinski definition) is 8. The monoisotopic (exact) mass is 295 g/mol. The molecule has 0 aliphatic carbocycles. The van der Waals surface area contributed by atoms with Gasteiger partial charge in [0, 0.05) is 0 Å². The molecule has 0 saturated carbocycles. The summed E-state index contributed by atoms with van der Waals surface area (Å²) in [6.45, 7) is 0. The zero-order valence-electron chi connectivity index (χ0n) is 9.18. The van der Waals surface area contributed by atoms with E-state index in [1.54, 1.807) is 0 Å². The summed E-state index contributed by atoms with van der Waals surface area (Å²) < 4.78 is 19.1. The Labute approximate surface area is 105 Å². The van der Waals surface area contributed by atoms with Crippen LogP contribution in [0.2, 0.25) is 0 Å². The number of hydrogen-bond donors (Lipinski definition) is 2. The molecule has 2 saturated heterocycles. The topological polar surface area (TPSA) is 146 Å². The molecular weight excluding hydrogens is 287 g/mol. The lowest BCUT2D eigenvalue weighted by molar-refractivity contribution is -0.145. The largest absolute Gasteiger partial charge is 0.677 e. The molecular formula is C8H8O10P+. The Morgan fingerprint density at radius 2 is 1.32 bits per heavy atom. The molecule has 2 aliphatic rings. The van der Waals surface area contributed by atoms with Crippen molar-refractivity contribution in [1.82, 2.24) is 0 Å². The highest BCUT2D eigenvalue weighted by atomic mass is 31.2. The Morgan fingerprint density at radius 3 is 1.63 bits per heavy atom. The molecule has 2 atom stereocenters. The third-order valence-corrected chi connectivity index (χ3v) is 3.99. The minimum Gasteiger partial charge on any atom is -0.481 e. The summed E-state index contributed by atoms with van der Waals surface area (Å²) in [5.41, 5.74) is 0. The molecule has 0 aromatic heterocycles. The van der Waals surface area contributed by atoms with Gasteiger partial charge in [-0.15, -0.1) is 9.05 Å². The van der Waals surface area contributed by atoms with Crippen molar-refractivity contribution in [2.24, 2.45) is 0 Å². The van der Waals surface area contributed by atoms with Crippen molar-refractivity contribution in [3.05, 3.63) is 0 Å². The average molecular weight is 295 g/mol. The number of aliphatic carboxylic acids is 2. The zero-order valence-corrected chi connectivity index (χ0v) is 10.1. The summed E-state index contributed by atoms with van der Waals surface area (Å²) in [5.74, 6) is -4.68. The molecule has 2 N–H and O–H groups in total. The maximum atomic E-state index is 11.3. The minimum atomic E-state index is -3.76. The molecule has 11 heteroatoms. The molecule has 2 fully saturated rings. The van der Waals surface area contributed by atoms with Crippen LogP contribution < -0.4 is 0 Å². The fraction of sp³-hybridized carbons (Fsp3) is 0.500. The molecule has 0 aromatic carbocycles. The van der Waals surface area contributed by atoms with Crippen LogP contribution >= 0.6 is 8.17 Å². The lowest BCUT2D eigenvalue weighted by Crippen LogP contribution is -2.20. The van der Waals surface area contributed by atoms with Crippen LogP contribution in [0.25, 0.3) is 0 Å². The first-order valence-corrected chi connectivity index (χ1v) is 6.44. The lowest BCUT2D eigenvalue weighted by Gasteiger charge is -2.02. The van der Waals surface area contributed by atoms with Gasteiger partial charge in [-0.1, -0.05) is 0 Å². The summed E-state index contributed by atoms with van der Waals surface area (Å²) >= 11 is 0. The summed E-state index contributed by atoms with van der Waals surface area (Å²) in [5, 5.41) is 17.1. The van der Waals surface area contributed by atoms with E-state index in [2.05, 4.69) is 9.05 Å². The second-order valence-corrected chi connectivity index (χ2v) is 5.33. The van der Waals surface area contributed by atoms with Crippen LogP contribution in [0.5, 0.6) is 0 Å². The summed E-state index contributed by atoms with van der Waals surface area (Å²) in [6, 6.07) is 0. The molecule has 2 aliphatic heterocycles. The molecule has 2 rings (SSSR count). The number of rotatable bonds is 4. The van der Waals surface area contributed by atoms with Crippen molar-refractivity contribution in [2.75, 3.05) is 0 Å². The smallest absolute Gasteiger partial charge is 0.481 e. The van der Waals surface area contributed by atoms with E-state index in [0.29, 0.717) is 0 Å². The number of carboxylic acid groups (broad SMARTS) is 2. The quantitative estimate of drug-likeness (QED) is 0.650. The van der Waals surface area contributed by atoms with Gasteiger partial charge < -0.3 is 10.2 Å². The highest BCUT2D eigenvalue weighted by molar-refractivity contribution is 7.58. The minimum absolute atomic E-state index is 0.676. The van der Waals surface area contributed by atoms with Gasteiger partial charge in [-0.05, 0) is 0 Å². The van der Waals surface area contributed by atoms with Crippen LogP contribution in [-0.2, 0) is 37.3 Å². The Balaban J connectivity index is 2.06. The summed E-state index contributed by atoms with van der Waals surface area (Å²) in [7, 11) is -3.76. The first kappa shape index (κ1) is 13.7. The van der Waals surface area contributed by atoms with E-state index in [1.165, 1.54) is 0 Å². The molecule has 104 valence electrons. The van der Waals surface area contributed by atoms with E-state index in [4.69, 9.17) is 19.3 Å². The number of carbonyl (C=O) groups excluding carboxylic acids is 2. The van der Waals surface area contributed by atoms with Gasteiger partial charge in [0.1, 0.15) is 0 Å². The van der Waals surface area contributed by atoms with Crippen LogP contribution in [0.15, 0.2) is 0 Å². The highest BCUT2D eigenvalue weighted by Crippen LogP contribution is 2.72. The first-order chi connectivity index (χ1) is 8.81. The first-order valence-electron chi connectivity index (χ1n) is 4.97. The van der Waals surface area contributed by atoms with Crippen LogP contribution in [0, 0.1) is 0 Å². The molecule has 0 amide bonds. The molecule has 0 bridgehead atoms. The van der Waals surface area contributed by atoms with Gasteiger partial charge in [0.05, 0.1) is 12.8 Å². The van der Waals surface area contributed by atoms with E-state index in [-0.39, 0.29) is 0 Å². The maximum absolute atomic E-state index is 11.3. The van der Waals surface area contributed by atoms with Gasteiger partial charge >= 0.3 is 32.0 Å². The standard InChI is InChI=1S/C8H7O10P/c9-5(10)1-3-7(13)17-19(15-3)16-4(2-6(11)12)8(14)18-19/h3-4H,1-2H2,(H-,9,10,11,12)/p+1. The van der Waals surface area contributed by atoms with Crippen LogP contribution in [0.1, 0.15) is 12.8 Å². The van der Waals surface area contributed by atoms with Gasteiger partial charge in [-0.25, -0.2) is 18.6 Å². The molecule has 0 aromatic rings. The Hall–Kier alpha value is -1.77. The Bertz CT molecular complexity index is 416. The number of carbonyl (C=O) groups is 4. The van der Waals surface area contributed by atoms with Crippen molar-refractivity contribution in [3.63, 3.8) is 0 Å². The normalized spacial score (nSPS) is 33.3. The third kappa shape index (κ3) is 2.80.